The molecular formula is C26H39NO4. The van der Waals surface area contributed by atoms with Crippen LogP contribution in [0.3, 0.4) is 0 Å². The molecule has 0 saturated heterocycles. The smallest absolute Gasteiger partial charge is 0.161 e. The predicted octanol–water partition coefficient (Wildman–Crippen LogP) is 5.64. The first-order chi connectivity index (χ1) is 14.5. The summed E-state index contributed by atoms with van der Waals surface area (Å²) < 4.78 is 5.78. The van der Waals surface area contributed by atoms with E-state index in [1.165, 1.54) is 0 Å². The largest absolute Gasteiger partial charge is 0.508 e. The number of phenolic OH excluding ortho intramolecular Hbond substituents is 1. The first-order valence-corrected chi connectivity index (χ1v) is 10.8. The summed E-state index contributed by atoms with van der Waals surface area (Å²) in [6, 6.07) is 3.44. The van der Waals surface area contributed by atoms with E-state index in [9.17, 15) is 15.3 Å². The molecule has 5 N–H and O–H groups in total. The lowest BCUT2D eigenvalue weighted by Gasteiger charge is -2.30. The summed E-state index contributed by atoms with van der Waals surface area (Å²) in [4.78, 5) is 0. The maximum atomic E-state index is 10.5. The van der Waals surface area contributed by atoms with Crippen LogP contribution in [0.4, 0.5) is 0 Å². The summed E-state index contributed by atoms with van der Waals surface area (Å²) in [5.41, 5.74) is 9.13. The maximum absolute atomic E-state index is 10.5. The third-order valence-electron chi connectivity index (χ3n) is 5.79. The molecule has 31 heavy (non-hydrogen) atoms. The molecule has 5 nitrogen and oxygen atoms in total. The van der Waals surface area contributed by atoms with E-state index in [1.54, 1.807) is 25.1 Å². The van der Waals surface area contributed by atoms with Crippen LogP contribution in [0.15, 0.2) is 54.3 Å². The Hall–Kier alpha value is -2.66. The van der Waals surface area contributed by atoms with Crippen molar-refractivity contribution < 1.29 is 20.1 Å². The summed E-state index contributed by atoms with van der Waals surface area (Å²) in [6.45, 7) is 18.1. The van der Waals surface area contributed by atoms with Crippen LogP contribution in [0.2, 0.25) is 0 Å². The van der Waals surface area contributed by atoms with E-state index >= 15 is 0 Å². The summed E-state index contributed by atoms with van der Waals surface area (Å²) in [5.74, 6) is 0.496. The van der Waals surface area contributed by atoms with E-state index in [0.717, 1.165) is 18.4 Å². The minimum atomic E-state index is -0.285. The molecular weight excluding hydrogens is 390 g/mol. The monoisotopic (exact) mass is 429 g/mol. The standard InChI is InChI=1S/C26H39NO4/c1-8-10-11-31-25-14-20(13-18(4)26(6,7)16-28)22(15-24(25)30)23(27)12-17(3)21(9-2)19(5)29/h9,12,14-15,18,28-30H,3,5,8,10-11,13,16,27H2,1-2,4,6-7H3/b21-9+,23-12-. The Morgan fingerprint density at radius 3 is 2.45 bits per heavy atom. The van der Waals surface area contributed by atoms with Crippen molar-refractivity contribution in [1.82, 2.24) is 0 Å². The van der Waals surface area contributed by atoms with Crippen LogP contribution in [0.5, 0.6) is 11.5 Å². The average Bonchev–Trinajstić information content (AvgIpc) is 2.70. The average molecular weight is 430 g/mol. The number of nitrogens with two attached hydrogens (primary N) is 1. The van der Waals surface area contributed by atoms with Crippen LogP contribution in [-0.2, 0) is 6.42 Å². The molecule has 1 unspecified atom stereocenters. The van der Waals surface area contributed by atoms with E-state index in [-0.39, 0.29) is 29.4 Å². The van der Waals surface area contributed by atoms with Crippen LogP contribution in [0, 0.1) is 11.3 Å². The second-order valence-electron chi connectivity index (χ2n) is 8.70. The van der Waals surface area contributed by atoms with Gasteiger partial charge in [0, 0.05) is 23.4 Å². The van der Waals surface area contributed by atoms with Gasteiger partial charge in [-0.1, -0.05) is 53.3 Å². The second-order valence-corrected chi connectivity index (χ2v) is 8.70. The zero-order valence-corrected chi connectivity index (χ0v) is 19.7. The van der Waals surface area contributed by atoms with E-state index in [0.29, 0.717) is 41.2 Å². The molecule has 172 valence electrons. The predicted molar refractivity (Wildman–Crippen MR) is 129 cm³/mol. The lowest BCUT2D eigenvalue weighted by atomic mass is 9.76. The Balaban J connectivity index is 3.45. The second kappa shape index (κ2) is 11.7. The minimum Gasteiger partial charge on any atom is -0.508 e. The Bertz CT molecular complexity index is 849. The van der Waals surface area contributed by atoms with Gasteiger partial charge in [0.15, 0.2) is 11.5 Å². The Labute approximate surface area is 187 Å². The maximum Gasteiger partial charge on any atom is 0.161 e. The van der Waals surface area contributed by atoms with Gasteiger partial charge < -0.3 is 25.8 Å². The molecule has 0 aliphatic rings. The molecule has 0 aliphatic carbocycles. The van der Waals surface area contributed by atoms with E-state index < -0.39 is 0 Å². The van der Waals surface area contributed by atoms with Gasteiger partial charge in [-0.05, 0) is 60.4 Å². The highest BCUT2D eigenvalue weighted by Crippen LogP contribution is 2.37. The van der Waals surface area contributed by atoms with Crippen molar-refractivity contribution in [1.29, 1.82) is 0 Å². The number of phenols is 1. The van der Waals surface area contributed by atoms with Gasteiger partial charge in [0.2, 0.25) is 0 Å². The van der Waals surface area contributed by atoms with Gasteiger partial charge in [-0.25, -0.2) is 0 Å². The fraction of sp³-hybridized carbons (Fsp3) is 0.462. The third kappa shape index (κ3) is 7.21. The lowest BCUT2D eigenvalue weighted by Crippen LogP contribution is -2.27. The highest BCUT2D eigenvalue weighted by Gasteiger charge is 2.26. The molecule has 0 heterocycles. The number of allylic oxidation sites excluding steroid dienone is 3. The van der Waals surface area contributed by atoms with Gasteiger partial charge in [-0.2, -0.15) is 0 Å². The van der Waals surface area contributed by atoms with Crippen molar-refractivity contribution in [3.63, 3.8) is 0 Å². The zero-order valence-electron chi connectivity index (χ0n) is 19.7. The quantitative estimate of drug-likeness (QED) is 0.196. The summed E-state index contributed by atoms with van der Waals surface area (Å²) >= 11 is 0. The van der Waals surface area contributed by atoms with E-state index in [4.69, 9.17) is 10.5 Å². The van der Waals surface area contributed by atoms with Crippen molar-refractivity contribution in [2.75, 3.05) is 13.2 Å². The van der Waals surface area contributed by atoms with Crippen LogP contribution in [-0.4, -0.2) is 28.5 Å². The molecule has 1 rings (SSSR count). The number of unbranched alkanes of at least 4 members (excludes halogenated alkanes) is 1. The molecule has 0 saturated carbocycles. The Morgan fingerprint density at radius 1 is 1.29 bits per heavy atom. The number of hydrogen-bond donors (Lipinski definition) is 4. The lowest BCUT2D eigenvalue weighted by molar-refractivity contribution is 0.105. The van der Waals surface area contributed by atoms with Gasteiger partial charge >= 0.3 is 0 Å². The van der Waals surface area contributed by atoms with Crippen LogP contribution in [0.25, 0.3) is 5.70 Å². The highest BCUT2D eigenvalue weighted by atomic mass is 16.5. The Kier molecular flexibility index (Phi) is 9.92. The zero-order chi connectivity index (χ0) is 23.8. The highest BCUT2D eigenvalue weighted by molar-refractivity contribution is 5.72. The molecule has 0 amide bonds. The third-order valence-corrected chi connectivity index (χ3v) is 5.79. The molecule has 0 fully saturated rings. The topological polar surface area (TPSA) is 95.9 Å². The number of hydrogen-bond acceptors (Lipinski definition) is 5. The molecule has 0 aliphatic heterocycles. The molecule has 0 spiro atoms. The fourth-order valence-electron chi connectivity index (χ4n) is 3.13. The summed E-state index contributed by atoms with van der Waals surface area (Å²) in [7, 11) is 0. The molecule has 1 aromatic carbocycles. The number of aliphatic hydroxyl groups excluding tert-OH is 2. The number of aromatic hydroxyl groups is 1. The van der Waals surface area contributed by atoms with Gasteiger partial charge in [0.05, 0.1) is 6.61 Å². The van der Waals surface area contributed by atoms with Crippen LogP contribution < -0.4 is 10.5 Å². The van der Waals surface area contributed by atoms with Gasteiger partial charge in [-0.3, -0.25) is 0 Å². The number of ether oxygens (including phenoxy) is 1. The Morgan fingerprint density at radius 2 is 1.94 bits per heavy atom. The molecule has 0 aromatic heterocycles. The van der Waals surface area contributed by atoms with Crippen molar-refractivity contribution in [3.05, 3.63) is 65.5 Å². The molecule has 5 heteroatoms. The first kappa shape index (κ1) is 26.4. The normalized spacial score (nSPS) is 13.7. The number of aliphatic hydroxyl groups is 2. The SMILES string of the molecule is C=C(O)/C(=C/C)C(=C)/C=C(\N)c1cc(O)c(OCCCC)cc1CC(C)C(C)(C)CO. The van der Waals surface area contributed by atoms with Crippen molar-refractivity contribution in [2.24, 2.45) is 17.1 Å². The van der Waals surface area contributed by atoms with Crippen molar-refractivity contribution >= 4 is 5.70 Å². The van der Waals surface area contributed by atoms with E-state index in [1.807, 2.05) is 19.9 Å². The van der Waals surface area contributed by atoms with Crippen LogP contribution in [0.1, 0.15) is 58.6 Å². The van der Waals surface area contributed by atoms with Crippen molar-refractivity contribution in [2.45, 2.75) is 53.9 Å². The molecule has 0 bridgehead atoms. The molecule has 1 aromatic rings. The number of benzene rings is 1. The summed E-state index contributed by atoms with van der Waals surface area (Å²) in [6.07, 6.45) is 5.90. The number of rotatable bonds is 12. The minimum absolute atomic E-state index is 0.0173. The molecule has 0 radical (unpaired) electrons. The van der Waals surface area contributed by atoms with Gasteiger partial charge in [0.1, 0.15) is 5.76 Å². The van der Waals surface area contributed by atoms with Gasteiger partial charge in [0.25, 0.3) is 0 Å². The molecule has 1 atom stereocenters. The van der Waals surface area contributed by atoms with Gasteiger partial charge in [-0.15, -0.1) is 0 Å². The van der Waals surface area contributed by atoms with Crippen LogP contribution >= 0.6 is 0 Å². The first-order valence-electron chi connectivity index (χ1n) is 10.8. The summed E-state index contributed by atoms with van der Waals surface area (Å²) in [5, 5.41) is 30.1. The van der Waals surface area contributed by atoms with E-state index in [2.05, 4.69) is 27.0 Å². The van der Waals surface area contributed by atoms with Crippen molar-refractivity contribution in [3.8, 4) is 11.5 Å². The fourth-order valence-corrected chi connectivity index (χ4v) is 3.13.